The highest BCUT2D eigenvalue weighted by Gasteiger charge is 2.11. The van der Waals surface area contributed by atoms with E-state index in [4.69, 9.17) is 9.52 Å². The second-order valence-electron chi connectivity index (χ2n) is 5.80. The first-order valence-corrected chi connectivity index (χ1v) is 7.76. The quantitative estimate of drug-likeness (QED) is 0.735. The van der Waals surface area contributed by atoms with Gasteiger partial charge in [-0.15, -0.1) is 0 Å². The van der Waals surface area contributed by atoms with Crippen LogP contribution in [0.1, 0.15) is 32.0 Å². The fourth-order valence-electron chi connectivity index (χ4n) is 2.41. The lowest BCUT2D eigenvalue weighted by atomic mass is 10.1. The third-order valence-corrected chi connectivity index (χ3v) is 4.01. The van der Waals surface area contributed by atoms with E-state index in [2.05, 4.69) is 5.32 Å². The molecule has 5 nitrogen and oxygen atoms in total. The van der Waals surface area contributed by atoms with Crippen molar-refractivity contribution in [3.8, 4) is 11.3 Å². The molecule has 0 saturated carbocycles. The van der Waals surface area contributed by atoms with Crippen molar-refractivity contribution in [2.24, 2.45) is 0 Å². The molecule has 1 aromatic heterocycles. The number of hydrogen-bond donors (Lipinski definition) is 2. The summed E-state index contributed by atoms with van der Waals surface area (Å²) in [5.74, 6) is -0.933. The summed E-state index contributed by atoms with van der Waals surface area (Å²) in [5, 5.41) is 11.7. The zero-order valence-electron chi connectivity index (χ0n) is 13.9. The van der Waals surface area contributed by atoms with E-state index >= 15 is 0 Å². The van der Waals surface area contributed by atoms with E-state index in [0.29, 0.717) is 17.0 Å². The van der Waals surface area contributed by atoms with Crippen molar-refractivity contribution >= 4 is 17.6 Å². The molecule has 0 spiro atoms. The van der Waals surface area contributed by atoms with Gasteiger partial charge >= 0.3 is 5.97 Å². The number of furan rings is 1. The molecule has 3 rings (SSSR count). The molecular weight excluding hydrogens is 318 g/mol. The van der Waals surface area contributed by atoms with Gasteiger partial charge in [-0.1, -0.05) is 6.07 Å². The van der Waals surface area contributed by atoms with Crippen molar-refractivity contribution in [1.82, 2.24) is 0 Å². The molecular formula is C20H17NO4. The van der Waals surface area contributed by atoms with Crippen LogP contribution in [-0.4, -0.2) is 17.0 Å². The van der Waals surface area contributed by atoms with Crippen LogP contribution in [0.25, 0.3) is 11.3 Å². The predicted octanol–water partition coefficient (Wildman–Crippen LogP) is 4.51. The molecule has 0 aliphatic carbocycles. The van der Waals surface area contributed by atoms with Crippen molar-refractivity contribution in [2.45, 2.75) is 13.8 Å². The standard InChI is InChI=1S/C20H17NO4/c1-12-3-4-15(11-13(12)2)19(22)21-16-7-5-14(6-8-16)17-9-10-18(25-17)20(23)24/h3-11H,1-2H3,(H,21,22)(H,23,24). The molecule has 0 radical (unpaired) electrons. The Kier molecular flexibility index (Phi) is 4.39. The Balaban J connectivity index is 1.74. The number of carboxylic acid groups (broad SMARTS) is 1. The average molecular weight is 335 g/mol. The molecule has 0 aliphatic heterocycles. The number of hydrogen-bond acceptors (Lipinski definition) is 3. The summed E-state index contributed by atoms with van der Waals surface area (Å²) in [4.78, 5) is 23.2. The zero-order valence-corrected chi connectivity index (χ0v) is 13.9. The van der Waals surface area contributed by atoms with Gasteiger partial charge in [0.15, 0.2) is 0 Å². The lowest BCUT2D eigenvalue weighted by Gasteiger charge is -2.08. The maximum Gasteiger partial charge on any atom is 0.371 e. The Labute approximate surface area is 144 Å². The highest BCUT2D eigenvalue weighted by molar-refractivity contribution is 6.04. The van der Waals surface area contributed by atoms with Crippen LogP contribution in [0.2, 0.25) is 0 Å². The number of carbonyl (C=O) groups is 2. The van der Waals surface area contributed by atoms with Crippen LogP contribution in [-0.2, 0) is 0 Å². The fraction of sp³-hybridized carbons (Fsp3) is 0.100. The summed E-state index contributed by atoms with van der Waals surface area (Å²) < 4.78 is 5.26. The number of nitrogens with one attached hydrogen (secondary N) is 1. The number of benzene rings is 2. The smallest absolute Gasteiger partial charge is 0.371 e. The Morgan fingerprint density at radius 1 is 0.920 bits per heavy atom. The van der Waals surface area contributed by atoms with E-state index in [0.717, 1.165) is 16.7 Å². The third kappa shape index (κ3) is 3.61. The summed E-state index contributed by atoms with van der Waals surface area (Å²) in [6, 6.07) is 15.6. The van der Waals surface area contributed by atoms with Crippen LogP contribution in [0.15, 0.2) is 59.0 Å². The van der Waals surface area contributed by atoms with Crippen molar-refractivity contribution < 1.29 is 19.1 Å². The molecule has 0 atom stereocenters. The summed E-state index contributed by atoms with van der Waals surface area (Å²) in [6.07, 6.45) is 0. The normalized spacial score (nSPS) is 10.5. The van der Waals surface area contributed by atoms with Crippen LogP contribution in [0, 0.1) is 13.8 Å². The first-order chi connectivity index (χ1) is 11.9. The topological polar surface area (TPSA) is 79.5 Å². The van der Waals surface area contributed by atoms with Crippen molar-refractivity contribution in [3.05, 3.63) is 77.0 Å². The van der Waals surface area contributed by atoms with E-state index in [1.165, 1.54) is 6.07 Å². The summed E-state index contributed by atoms with van der Waals surface area (Å²) in [7, 11) is 0. The number of aryl methyl sites for hydroxylation is 2. The molecule has 2 N–H and O–H groups in total. The number of carbonyl (C=O) groups excluding carboxylic acids is 1. The molecule has 3 aromatic rings. The van der Waals surface area contributed by atoms with Crippen molar-refractivity contribution in [1.29, 1.82) is 0 Å². The number of rotatable bonds is 4. The molecule has 5 heteroatoms. The molecule has 0 bridgehead atoms. The molecule has 2 aromatic carbocycles. The largest absolute Gasteiger partial charge is 0.475 e. The van der Waals surface area contributed by atoms with Gasteiger partial charge in [0.1, 0.15) is 5.76 Å². The van der Waals surface area contributed by atoms with Gasteiger partial charge in [0.25, 0.3) is 5.91 Å². The second-order valence-corrected chi connectivity index (χ2v) is 5.80. The average Bonchev–Trinajstić information content (AvgIpc) is 3.08. The van der Waals surface area contributed by atoms with Gasteiger partial charge in [0.2, 0.25) is 5.76 Å². The first kappa shape index (κ1) is 16.5. The van der Waals surface area contributed by atoms with Gasteiger partial charge in [-0.2, -0.15) is 0 Å². The molecule has 0 unspecified atom stereocenters. The Morgan fingerprint density at radius 2 is 1.64 bits per heavy atom. The van der Waals surface area contributed by atoms with Crippen LogP contribution in [0.5, 0.6) is 0 Å². The Hall–Kier alpha value is -3.34. The van der Waals surface area contributed by atoms with Crippen LogP contribution >= 0.6 is 0 Å². The highest BCUT2D eigenvalue weighted by atomic mass is 16.4. The molecule has 1 amide bonds. The minimum atomic E-state index is -1.11. The fourth-order valence-corrected chi connectivity index (χ4v) is 2.41. The van der Waals surface area contributed by atoms with Gasteiger partial charge in [0.05, 0.1) is 0 Å². The molecule has 1 heterocycles. The summed E-state index contributed by atoms with van der Waals surface area (Å²) >= 11 is 0. The molecule has 0 aliphatic rings. The Morgan fingerprint density at radius 3 is 2.24 bits per heavy atom. The van der Waals surface area contributed by atoms with E-state index in [1.807, 2.05) is 26.0 Å². The SMILES string of the molecule is Cc1ccc(C(=O)Nc2ccc(-c3ccc(C(=O)O)o3)cc2)cc1C. The number of carboxylic acids is 1. The van der Waals surface area contributed by atoms with Gasteiger partial charge < -0.3 is 14.8 Å². The van der Waals surface area contributed by atoms with E-state index in [9.17, 15) is 9.59 Å². The Bertz CT molecular complexity index is 939. The second kappa shape index (κ2) is 6.65. The summed E-state index contributed by atoms with van der Waals surface area (Å²) in [6.45, 7) is 3.97. The van der Waals surface area contributed by atoms with E-state index in [-0.39, 0.29) is 11.7 Å². The predicted molar refractivity (Wildman–Crippen MR) is 95.0 cm³/mol. The highest BCUT2D eigenvalue weighted by Crippen LogP contribution is 2.24. The van der Waals surface area contributed by atoms with Crippen molar-refractivity contribution in [2.75, 3.05) is 5.32 Å². The number of aromatic carboxylic acids is 1. The molecule has 0 fully saturated rings. The van der Waals surface area contributed by atoms with Crippen LogP contribution < -0.4 is 5.32 Å². The first-order valence-electron chi connectivity index (χ1n) is 7.76. The van der Waals surface area contributed by atoms with Gasteiger partial charge in [-0.3, -0.25) is 4.79 Å². The lowest BCUT2D eigenvalue weighted by molar-refractivity contribution is 0.0663. The molecule has 126 valence electrons. The third-order valence-electron chi connectivity index (χ3n) is 4.01. The maximum absolute atomic E-state index is 12.3. The minimum Gasteiger partial charge on any atom is -0.475 e. The van der Waals surface area contributed by atoms with Gasteiger partial charge in [0, 0.05) is 16.8 Å². The van der Waals surface area contributed by atoms with Crippen molar-refractivity contribution in [3.63, 3.8) is 0 Å². The monoisotopic (exact) mass is 335 g/mol. The number of amides is 1. The van der Waals surface area contributed by atoms with Crippen LogP contribution in [0.4, 0.5) is 5.69 Å². The molecule has 0 saturated heterocycles. The van der Waals surface area contributed by atoms with Gasteiger partial charge in [-0.05, 0) is 73.5 Å². The maximum atomic E-state index is 12.3. The lowest BCUT2D eigenvalue weighted by Crippen LogP contribution is -2.12. The van der Waals surface area contributed by atoms with Gasteiger partial charge in [-0.25, -0.2) is 4.79 Å². The summed E-state index contributed by atoms with van der Waals surface area (Å²) in [5.41, 5.74) is 4.19. The minimum absolute atomic E-state index is 0.109. The van der Waals surface area contributed by atoms with E-state index < -0.39 is 5.97 Å². The molecule has 25 heavy (non-hydrogen) atoms. The zero-order chi connectivity index (χ0) is 18.0. The van der Waals surface area contributed by atoms with E-state index in [1.54, 1.807) is 36.4 Å². The van der Waals surface area contributed by atoms with Crippen LogP contribution in [0.3, 0.4) is 0 Å². The number of anilines is 1.